The summed E-state index contributed by atoms with van der Waals surface area (Å²) in [6, 6.07) is 4.24. The van der Waals surface area contributed by atoms with Gasteiger partial charge < -0.3 is 9.84 Å². The van der Waals surface area contributed by atoms with Gasteiger partial charge in [0.1, 0.15) is 11.6 Å². The topological polar surface area (TPSA) is 55.1 Å². The molecule has 0 saturated carbocycles. The number of carbonyl (C=O) groups excluding carboxylic acids is 1. The third kappa shape index (κ3) is 3.01. The molecule has 0 spiro atoms. The molecule has 4 nitrogen and oxygen atoms in total. The maximum atomic E-state index is 13.3. The first-order chi connectivity index (χ1) is 8.99. The minimum absolute atomic E-state index is 0.271. The van der Waals surface area contributed by atoms with Crippen molar-refractivity contribution in [3.05, 3.63) is 51.1 Å². The molecule has 0 fully saturated rings. The van der Waals surface area contributed by atoms with Crippen LogP contribution >= 0.6 is 15.9 Å². The van der Waals surface area contributed by atoms with Crippen molar-refractivity contribution in [3.63, 3.8) is 0 Å². The lowest BCUT2D eigenvalue weighted by molar-refractivity contribution is 0.0950. The number of benzene rings is 1. The molecule has 0 unspecified atom stereocenters. The van der Waals surface area contributed by atoms with Gasteiger partial charge in [-0.25, -0.2) is 4.39 Å². The molecule has 19 heavy (non-hydrogen) atoms. The van der Waals surface area contributed by atoms with E-state index in [0.29, 0.717) is 16.8 Å². The lowest BCUT2D eigenvalue weighted by atomic mass is 10.2. The molecule has 1 N–H and O–H groups in total. The number of hydrogen-bond donors (Lipinski definition) is 1. The first kappa shape index (κ1) is 13.7. The molecule has 6 heteroatoms. The normalized spacial score (nSPS) is 10.5. The highest BCUT2D eigenvalue weighted by atomic mass is 79.9. The first-order valence-electron chi connectivity index (χ1n) is 5.64. The molecule has 2 rings (SSSR count). The van der Waals surface area contributed by atoms with Crippen molar-refractivity contribution < 1.29 is 13.7 Å². The number of aryl methyl sites for hydroxylation is 2. The van der Waals surface area contributed by atoms with E-state index in [1.165, 1.54) is 12.1 Å². The Kier molecular flexibility index (Phi) is 3.99. The van der Waals surface area contributed by atoms with E-state index in [4.69, 9.17) is 4.52 Å². The molecule has 0 aliphatic carbocycles. The Hall–Kier alpha value is -1.69. The average Bonchev–Trinajstić information content (AvgIpc) is 2.69. The van der Waals surface area contributed by atoms with Gasteiger partial charge in [0.25, 0.3) is 5.91 Å². The summed E-state index contributed by atoms with van der Waals surface area (Å²) in [5, 5.41) is 6.51. The predicted octanol–water partition coefficient (Wildman–Crippen LogP) is 3.12. The van der Waals surface area contributed by atoms with Gasteiger partial charge in [0.05, 0.1) is 10.2 Å². The van der Waals surface area contributed by atoms with Crippen molar-refractivity contribution in [1.82, 2.24) is 10.5 Å². The zero-order chi connectivity index (χ0) is 14.0. The van der Waals surface area contributed by atoms with Crippen LogP contribution < -0.4 is 5.32 Å². The molecule has 0 aliphatic rings. The zero-order valence-electron chi connectivity index (χ0n) is 10.5. The number of hydrogen-bond acceptors (Lipinski definition) is 3. The molecule has 1 aromatic heterocycles. The number of aromatic nitrogens is 1. The van der Waals surface area contributed by atoms with Crippen LogP contribution in [-0.4, -0.2) is 11.1 Å². The Morgan fingerprint density at radius 1 is 1.47 bits per heavy atom. The minimum atomic E-state index is -0.468. The molecule has 0 aliphatic heterocycles. The van der Waals surface area contributed by atoms with Gasteiger partial charge in [-0.1, -0.05) is 5.16 Å². The Bertz CT molecular complexity index is 606. The van der Waals surface area contributed by atoms with Crippen LogP contribution in [0.25, 0.3) is 0 Å². The van der Waals surface area contributed by atoms with Gasteiger partial charge >= 0.3 is 0 Å². The van der Waals surface area contributed by atoms with Crippen molar-refractivity contribution in [1.29, 1.82) is 0 Å². The second-order valence-corrected chi connectivity index (χ2v) is 4.97. The lowest BCUT2D eigenvalue weighted by Gasteiger charge is -2.05. The van der Waals surface area contributed by atoms with E-state index in [9.17, 15) is 9.18 Å². The number of rotatable bonds is 3. The standard InChI is InChI=1S/C13H12BrFN2O2/c1-7-10(8(2)19-17-7)6-16-13(18)9-3-4-11(14)12(15)5-9/h3-5H,6H2,1-2H3,(H,16,18). The van der Waals surface area contributed by atoms with Gasteiger partial charge in [-0.15, -0.1) is 0 Å². The fraction of sp³-hybridized carbons (Fsp3) is 0.231. The summed E-state index contributed by atoms with van der Waals surface area (Å²) in [7, 11) is 0. The van der Waals surface area contributed by atoms with Gasteiger partial charge in [-0.3, -0.25) is 4.79 Å². The third-order valence-corrected chi connectivity index (χ3v) is 3.43. The number of halogens is 2. The molecule has 0 bridgehead atoms. The molecule has 100 valence electrons. The van der Waals surface area contributed by atoms with Crippen LogP contribution in [0.15, 0.2) is 27.2 Å². The molecule has 1 heterocycles. The smallest absolute Gasteiger partial charge is 0.251 e. The van der Waals surface area contributed by atoms with Crippen LogP contribution in [-0.2, 0) is 6.54 Å². The average molecular weight is 327 g/mol. The van der Waals surface area contributed by atoms with Crippen molar-refractivity contribution >= 4 is 21.8 Å². The van der Waals surface area contributed by atoms with E-state index in [1.54, 1.807) is 19.9 Å². The molecule has 1 amide bonds. The van der Waals surface area contributed by atoms with Gasteiger partial charge in [0.15, 0.2) is 0 Å². The van der Waals surface area contributed by atoms with Crippen LogP contribution in [0, 0.1) is 19.7 Å². The molecule has 0 atom stereocenters. The van der Waals surface area contributed by atoms with Crippen LogP contribution in [0.3, 0.4) is 0 Å². The maximum Gasteiger partial charge on any atom is 0.251 e. The van der Waals surface area contributed by atoms with Crippen molar-refractivity contribution in [3.8, 4) is 0 Å². The van der Waals surface area contributed by atoms with Crippen molar-refractivity contribution in [2.24, 2.45) is 0 Å². The second kappa shape index (κ2) is 5.52. The van der Waals surface area contributed by atoms with E-state index in [2.05, 4.69) is 26.4 Å². The number of nitrogens with zero attached hydrogens (tertiary/aromatic N) is 1. The highest BCUT2D eigenvalue weighted by Gasteiger charge is 2.12. The van der Waals surface area contributed by atoms with Gasteiger partial charge in [0, 0.05) is 17.7 Å². The Labute approximate surface area is 118 Å². The van der Waals surface area contributed by atoms with Crippen LogP contribution in [0.1, 0.15) is 27.4 Å². The van der Waals surface area contributed by atoms with E-state index in [0.717, 1.165) is 11.3 Å². The van der Waals surface area contributed by atoms with Gasteiger partial charge in [-0.2, -0.15) is 0 Å². The summed E-state index contributed by atoms with van der Waals surface area (Å²) >= 11 is 3.04. The SMILES string of the molecule is Cc1noc(C)c1CNC(=O)c1ccc(Br)c(F)c1. The molecular formula is C13H12BrFN2O2. The molecule has 0 radical (unpaired) electrons. The highest BCUT2D eigenvalue weighted by Crippen LogP contribution is 2.17. The molecule has 0 saturated heterocycles. The van der Waals surface area contributed by atoms with E-state index < -0.39 is 5.82 Å². The van der Waals surface area contributed by atoms with Gasteiger partial charge in [0.2, 0.25) is 0 Å². The fourth-order valence-electron chi connectivity index (χ4n) is 1.66. The molecule has 1 aromatic carbocycles. The number of amides is 1. The highest BCUT2D eigenvalue weighted by molar-refractivity contribution is 9.10. The number of carbonyl (C=O) groups is 1. The Morgan fingerprint density at radius 2 is 2.21 bits per heavy atom. The second-order valence-electron chi connectivity index (χ2n) is 4.11. The zero-order valence-corrected chi connectivity index (χ0v) is 12.0. The Balaban J connectivity index is 2.07. The molecular weight excluding hydrogens is 315 g/mol. The largest absolute Gasteiger partial charge is 0.361 e. The van der Waals surface area contributed by atoms with E-state index >= 15 is 0 Å². The number of nitrogens with one attached hydrogen (secondary N) is 1. The summed E-state index contributed by atoms with van der Waals surface area (Å²) in [6.45, 7) is 3.88. The van der Waals surface area contributed by atoms with E-state index in [1.807, 2.05) is 0 Å². The van der Waals surface area contributed by atoms with Crippen molar-refractivity contribution in [2.45, 2.75) is 20.4 Å². The monoisotopic (exact) mass is 326 g/mol. The summed E-state index contributed by atoms with van der Waals surface area (Å²) in [6.07, 6.45) is 0. The fourth-order valence-corrected chi connectivity index (χ4v) is 1.91. The summed E-state index contributed by atoms with van der Waals surface area (Å²) in [5.74, 6) is -0.142. The third-order valence-electron chi connectivity index (χ3n) is 2.79. The lowest BCUT2D eigenvalue weighted by Crippen LogP contribution is -2.23. The van der Waals surface area contributed by atoms with Gasteiger partial charge in [-0.05, 0) is 48.0 Å². The first-order valence-corrected chi connectivity index (χ1v) is 6.43. The molecule has 2 aromatic rings. The Morgan fingerprint density at radius 3 is 2.79 bits per heavy atom. The maximum absolute atomic E-state index is 13.3. The van der Waals surface area contributed by atoms with E-state index in [-0.39, 0.29) is 11.5 Å². The summed E-state index contributed by atoms with van der Waals surface area (Å²) in [5.41, 5.74) is 1.85. The quantitative estimate of drug-likeness (QED) is 0.942. The van der Waals surface area contributed by atoms with Crippen LogP contribution in [0.5, 0.6) is 0 Å². The van der Waals surface area contributed by atoms with Crippen molar-refractivity contribution in [2.75, 3.05) is 0 Å². The minimum Gasteiger partial charge on any atom is -0.361 e. The van der Waals surface area contributed by atoms with Crippen LogP contribution in [0.2, 0.25) is 0 Å². The predicted molar refractivity (Wildman–Crippen MR) is 71.2 cm³/mol. The summed E-state index contributed by atoms with van der Waals surface area (Å²) < 4.78 is 18.7. The summed E-state index contributed by atoms with van der Waals surface area (Å²) in [4.78, 5) is 11.9. The van der Waals surface area contributed by atoms with Crippen LogP contribution in [0.4, 0.5) is 4.39 Å².